The molecule has 1 atom stereocenters. The summed E-state index contributed by atoms with van der Waals surface area (Å²) in [5.74, 6) is 0.531. The molecule has 0 nitrogen and oxygen atoms in total. The molecule has 2 aromatic carbocycles. The number of hydrogen-bond donors (Lipinski definition) is 0. The molecule has 18 heavy (non-hydrogen) atoms. The van der Waals surface area contributed by atoms with Gasteiger partial charge in [0.15, 0.2) is 0 Å². The molecule has 0 unspecified atom stereocenters. The Morgan fingerprint density at radius 3 is 1.83 bits per heavy atom. The molecular weight excluding hydrogens is 263 g/mol. The van der Waals surface area contributed by atoms with Gasteiger partial charge in [0.2, 0.25) is 0 Å². The first-order valence-corrected chi connectivity index (χ1v) is 6.94. The largest absolute Gasteiger partial charge is 0.0843 e. The maximum Gasteiger partial charge on any atom is 0.0406 e. The van der Waals surface area contributed by atoms with Crippen molar-refractivity contribution in [3.8, 4) is 0 Å². The molecule has 0 aliphatic heterocycles. The fourth-order valence-corrected chi connectivity index (χ4v) is 2.39. The van der Waals surface area contributed by atoms with Gasteiger partial charge in [-0.2, -0.15) is 0 Å². The Labute approximate surface area is 119 Å². The maximum absolute atomic E-state index is 5.92. The quantitative estimate of drug-likeness (QED) is 0.670. The Morgan fingerprint density at radius 1 is 0.833 bits per heavy atom. The van der Waals surface area contributed by atoms with Crippen LogP contribution in [0.4, 0.5) is 0 Å². The molecule has 0 saturated carbocycles. The molecule has 2 aromatic rings. The SMILES string of the molecule is CC[C@H](Cc1ccc(Cl)cc1)c1ccc(Cl)cc1. The first-order chi connectivity index (χ1) is 8.69. The van der Waals surface area contributed by atoms with Gasteiger partial charge in [0.05, 0.1) is 0 Å². The maximum atomic E-state index is 5.92. The lowest BCUT2D eigenvalue weighted by Gasteiger charge is -2.15. The van der Waals surface area contributed by atoms with E-state index in [2.05, 4.69) is 31.2 Å². The highest BCUT2D eigenvalue weighted by Gasteiger charge is 2.10. The minimum atomic E-state index is 0.531. The van der Waals surface area contributed by atoms with Crippen LogP contribution in [0.1, 0.15) is 30.4 Å². The average molecular weight is 279 g/mol. The predicted octanol–water partition coefficient (Wildman–Crippen LogP) is 5.73. The summed E-state index contributed by atoms with van der Waals surface area (Å²) in [5, 5.41) is 1.58. The zero-order valence-electron chi connectivity index (χ0n) is 10.4. The van der Waals surface area contributed by atoms with E-state index >= 15 is 0 Å². The number of halogens is 2. The number of rotatable bonds is 4. The summed E-state index contributed by atoms with van der Waals surface area (Å²) in [6.45, 7) is 2.22. The molecule has 0 saturated heterocycles. The van der Waals surface area contributed by atoms with Crippen molar-refractivity contribution in [3.63, 3.8) is 0 Å². The van der Waals surface area contributed by atoms with E-state index in [-0.39, 0.29) is 0 Å². The van der Waals surface area contributed by atoms with Crippen LogP contribution in [0.15, 0.2) is 48.5 Å². The molecule has 0 aromatic heterocycles. The first-order valence-electron chi connectivity index (χ1n) is 6.19. The van der Waals surface area contributed by atoms with Gasteiger partial charge in [-0.05, 0) is 54.2 Å². The van der Waals surface area contributed by atoms with Crippen molar-refractivity contribution in [1.82, 2.24) is 0 Å². The smallest absolute Gasteiger partial charge is 0.0406 e. The van der Waals surface area contributed by atoms with Crippen LogP contribution in [0, 0.1) is 0 Å². The van der Waals surface area contributed by atoms with Crippen LogP contribution in [-0.2, 0) is 6.42 Å². The van der Waals surface area contributed by atoms with E-state index in [0.717, 1.165) is 22.9 Å². The lowest BCUT2D eigenvalue weighted by molar-refractivity contribution is 0.660. The summed E-state index contributed by atoms with van der Waals surface area (Å²) in [6, 6.07) is 16.3. The van der Waals surface area contributed by atoms with Gasteiger partial charge in [0.1, 0.15) is 0 Å². The lowest BCUT2D eigenvalue weighted by atomic mass is 9.90. The van der Waals surface area contributed by atoms with Crippen molar-refractivity contribution in [2.24, 2.45) is 0 Å². The minimum absolute atomic E-state index is 0.531. The van der Waals surface area contributed by atoms with Gasteiger partial charge in [0, 0.05) is 10.0 Å². The summed E-state index contributed by atoms with van der Waals surface area (Å²) < 4.78 is 0. The van der Waals surface area contributed by atoms with Crippen LogP contribution < -0.4 is 0 Å². The molecule has 0 spiro atoms. The standard InChI is InChI=1S/C16H16Cl2/c1-2-13(14-5-9-16(18)10-6-14)11-12-3-7-15(17)8-4-12/h3-10,13H,2,11H2,1H3/t13-/m1/s1. The van der Waals surface area contributed by atoms with Crippen LogP contribution in [0.3, 0.4) is 0 Å². The van der Waals surface area contributed by atoms with E-state index in [1.807, 2.05) is 24.3 Å². The Hall–Kier alpha value is -0.980. The third-order valence-corrected chi connectivity index (χ3v) is 3.73. The second-order valence-corrected chi connectivity index (χ2v) is 5.36. The molecule has 2 rings (SSSR count). The summed E-state index contributed by atoms with van der Waals surface area (Å²) in [7, 11) is 0. The van der Waals surface area contributed by atoms with Crippen molar-refractivity contribution in [1.29, 1.82) is 0 Å². The average Bonchev–Trinajstić information content (AvgIpc) is 2.39. The zero-order valence-corrected chi connectivity index (χ0v) is 11.9. The number of hydrogen-bond acceptors (Lipinski definition) is 0. The van der Waals surface area contributed by atoms with Gasteiger partial charge in [0.25, 0.3) is 0 Å². The monoisotopic (exact) mass is 278 g/mol. The third-order valence-electron chi connectivity index (χ3n) is 3.23. The van der Waals surface area contributed by atoms with Crippen LogP contribution in [0.2, 0.25) is 10.0 Å². The predicted molar refractivity (Wildman–Crippen MR) is 79.6 cm³/mol. The Morgan fingerprint density at radius 2 is 1.33 bits per heavy atom. The second kappa shape index (κ2) is 6.26. The normalized spacial score (nSPS) is 12.4. The van der Waals surface area contributed by atoms with Crippen molar-refractivity contribution in [2.45, 2.75) is 25.7 Å². The van der Waals surface area contributed by atoms with Gasteiger partial charge in [-0.3, -0.25) is 0 Å². The molecular formula is C16H16Cl2. The molecule has 2 heteroatoms. The lowest BCUT2D eigenvalue weighted by Crippen LogP contribution is -2.01. The van der Waals surface area contributed by atoms with Crippen molar-refractivity contribution in [2.75, 3.05) is 0 Å². The molecule has 0 heterocycles. The minimum Gasteiger partial charge on any atom is -0.0843 e. The Kier molecular flexibility index (Phi) is 4.68. The fraction of sp³-hybridized carbons (Fsp3) is 0.250. The molecule has 0 aliphatic rings. The van der Waals surface area contributed by atoms with E-state index in [4.69, 9.17) is 23.2 Å². The second-order valence-electron chi connectivity index (χ2n) is 4.49. The third kappa shape index (κ3) is 3.51. The van der Waals surface area contributed by atoms with E-state index in [1.165, 1.54) is 11.1 Å². The van der Waals surface area contributed by atoms with E-state index in [0.29, 0.717) is 5.92 Å². The highest BCUT2D eigenvalue weighted by atomic mass is 35.5. The van der Waals surface area contributed by atoms with Crippen molar-refractivity contribution < 1.29 is 0 Å². The van der Waals surface area contributed by atoms with Crippen LogP contribution in [0.25, 0.3) is 0 Å². The molecule has 0 fully saturated rings. The topological polar surface area (TPSA) is 0 Å². The fourth-order valence-electron chi connectivity index (χ4n) is 2.14. The molecule has 0 aliphatic carbocycles. The first kappa shape index (κ1) is 13.5. The molecule has 0 N–H and O–H groups in total. The Balaban J connectivity index is 2.14. The van der Waals surface area contributed by atoms with Crippen LogP contribution in [0.5, 0.6) is 0 Å². The molecule has 0 amide bonds. The summed E-state index contributed by atoms with van der Waals surface area (Å²) in [5.41, 5.74) is 2.66. The van der Waals surface area contributed by atoms with Gasteiger partial charge in [-0.1, -0.05) is 54.4 Å². The van der Waals surface area contributed by atoms with E-state index in [9.17, 15) is 0 Å². The summed E-state index contributed by atoms with van der Waals surface area (Å²) >= 11 is 11.8. The van der Waals surface area contributed by atoms with Gasteiger partial charge in [-0.15, -0.1) is 0 Å². The van der Waals surface area contributed by atoms with Crippen LogP contribution in [-0.4, -0.2) is 0 Å². The zero-order chi connectivity index (χ0) is 13.0. The molecule has 0 bridgehead atoms. The van der Waals surface area contributed by atoms with Crippen LogP contribution >= 0.6 is 23.2 Å². The number of benzene rings is 2. The highest BCUT2D eigenvalue weighted by molar-refractivity contribution is 6.30. The van der Waals surface area contributed by atoms with Gasteiger partial charge in [-0.25, -0.2) is 0 Å². The van der Waals surface area contributed by atoms with Crippen molar-refractivity contribution >= 4 is 23.2 Å². The summed E-state index contributed by atoms with van der Waals surface area (Å²) in [4.78, 5) is 0. The molecule has 94 valence electrons. The Bertz CT molecular complexity index is 486. The highest BCUT2D eigenvalue weighted by Crippen LogP contribution is 2.26. The molecule has 0 radical (unpaired) electrons. The van der Waals surface area contributed by atoms with Crippen molar-refractivity contribution in [3.05, 3.63) is 69.7 Å². The van der Waals surface area contributed by atoms with Gasteiger partial charge < -0.3 is 0 Å². The van der Waals surface area contributed by atoms with E-state index < -0.39 is 0 Å². The summed E-state index contributed by atoms with van der Waals surface area (Å²) in [6.07, 6.45) is 2.15. The van der Waals surface area contributed by atoms with Gasteiger partial charge >= 0.3 is 0 Å². The van der Waals surface area contributed by atoms with E-state index in [1.54, 1.807) is 0 Å².